The van der Waals surface area contributed by atoms with E-state index in [2.05, 4.69) is 55.3 Å². The topological polar surface area (TPSA) is 15.3 Å². The van der Waals surface area contributed by atoms with Crippen molar-refractivity contribution in [2.24, 2.45) is 0 Å². The van der Waals surface area contributed by atoms with E-state index in [1.165, 1.54) is 30.6 Å². The van der Waals surface area contributed by atoms with Crippen LogP contribution >= 0.6 is 0 Å². The molecule has 0 aliphatic carbocycles. The van der Waals surface area contributed by atoms with E-state index in [-0.39, 0.29) is 0 Å². The van der Waals surface area contributed by atoms with Gasteiger partial charge < -0.3 is 10.2 Å². The Morgan fingerprint density at radius 3 is 2.88 bits per heavy atom. The molecule has 1 saturated heterocycles. The van der Waals surface area contributed by atoms with Crippen molar-refractivity contribution in [3.63, 3.8) is 0 Å². The summed E-state index contributed by atoms with van der Waals surface area (Å²) in [7, 11) is 0. The lowest BCUT2D eigenvalue weighted by atomic mass is 10.0. The summed E-state index contributed by atoms with van der Waals surface area (Å²) in [6.45, 7) is 8.95. The summed E-state index contributed by atoms with van der Waals surface area (Å²) in [5.74, 6) is 0. The van der Waals surface area contributed by atoms with Crippen LogP contribution < -0.4 is 10.2 Å². The number of hydrogen-bond donors (Lipinski definition) is 1. The number of anilines is 1. The Bertz CT molecular complexity index is 360. The third-order valence-electron chi connectivity index (χ3n) is 3.36. The molecule has 0 radical (unpaired) electrons. The number of rotatable bonds is 3. The molecule has 0 bridgehead atoms. The highest BCUT2D eigenvalue weighted by atomic mass is 15.2. The fourth-order valence-electron chi connectivity index (χ4n) is 2.64. The molecule has 0 amide bonds. The first-order valence-electron chi connectivity index (χ1n) is 6.73. The minimum absolute atomic E-state index is 0.581. The van der Waals surface area contributed by atoms with Crippen LogP contribution in [0.3, 0.4) is 0 Å². The predicted molar refractivity (Wildman–Crippen MR) is 74.7 cm³/mol. The van der Waals surface area contributed by atoms with Gasteiger partial charge in [-0.05, 0) is 37.5 Å². The molecule has 17 heavy (non-hydrogen) atoms. The molecule has 1 aliphatic rings. The van der Waals surface area contributed by atoms with Crippen molar-refractivity contribution in [2.75, 3.05) is 18.0 Å². The first kappa shape index (κ1) is 12.4. The van der Waals surface area contributed by atoms with Crippen molar-refractivity contribution < 1.29 is 0 Å². The number of aryl methyl sites for hydroxylation is 1. The van der Waals surface area contributed by atoms with Crippen LogP contribution in [0.4, 0.5) is 5.69 Å². The standard InChI is InChI=1S/C15H24N2/c1-12(2)16-14-7-5-9-17(11-14)15-8-4-6-13(3)10-15/h4,6,8,10,12,14,16H,5,7,9,11H2,1-3H3. The van der Waals surface area contributed by atoms with Crippen molar-refractivity contribution in [1.29, 1.82) is 0 Å². The number of hydrogen-bond acceptors (Lipinski definition) is 2. The Morgan fingerprint density at radius 2 is 2.18 bits per heavy atom. The van der Waals surface area contributed by atoms with Gasteiger partial charge in [-0.3, -0.25) is 0 Å². The van der Waals surface area contributed by atoms with Gasteiger partial charge >= 0.3 is 0 Å². The zero-order valence-corrected chi connectivity index (χ0v) is 11.2. The molecular weight excluding hydrogens is 208 g/mol. The lowest BCUT2D eigenvalue weighted by Crippen LogP contribution is -2.47. The zero-order chi connectivity index (χ0) is 12.3. The summed E-state index contributed by atoms with van der Waals surface area (Å²) in [5.41, 5.74) is 2.72. The Balaban J connectivity index is 2.02. The summed E-state index contributed by atoms with van der Waals surface area (Å²) in [5, 5.41) is 3.65. The van der Waals surface area contributed by atoms with Crippen LogP contribution in [0.15, 0.2) is 24.3 Å². The quantitative estimate of drug-likeness (QED) is 0.862. The van der Waals surface area contributed by atoms with E-state index in [0.717, 1.165) is 6.54 Å². The number of piperidine rings is 1. The highest BCUT2D eigenvalue weighted by molar-refractivity contribution is 5.48. The minimum atomic E-state index is 0.581. The van der Waals surface area contributed by atoms with E-state index in [1.807, 2.05) is 0 Å². The molecule has 0 spiro atoms. The van der Waals surface area contributed by atoms with Crippen molar-refractivity contribution in [1.82, 2.24) is 5.32 Å². The zero-order valence-electron chi connectivity index (χ0n) is 11.2. The number of benzene rings is 1. The molecule has 0 aromatic heterocycles. The molecule has 1 aromatic rings. The molecule has 1 N–H and O–H groups in total. The van der Waals surface area contributed by atoms with Gasteiger partial charge in [0.25, 0.3) is 0 Å². The highest BCUT2D eigenvalue weighted by Crippen LogP contribution is 2.21. The van der Waals surface area contributed by atoms with E-state index in [0.29, 0.717) is 12.1 Å². The fraction of sp³-hybridized carbons (Fsp3) is 0.600. The molecule has 1 aliphatic heterocycles. The largest absolute Gasteiger partial charge is 0.370 e. The molecule has 1 atom stereocenters. The van der Waals surface area contributed by atoms with Crippen LogP contribution in [0, 0.1) is 6.92 Å². The van der Waals surface area contributed by atoms with Crippen LogP contribution in [0.5, 0.6) is 0 Å². The molecule has 1 aromatic carbocycles. The van der Waals surface area contributed by atoms with Gasteiger partial charge in [0.2, 0.25) is 0 Å². The molecule has 94 valence electrons. The summed E-state index contributed by atoms with van der Waals surface area (Å²) in [6, 6.07) is 10.1. The van der Waals surface area contributed by atoms with Crippen LogP contribution in [0.1, 0.15) is 32.3 Å². The van der Waals surface area contributed by atoms with Crippen LogP contribution in [-0.4, -0.2) is 25.2 Å². The lowest BCUT2D eigenvalue weighted by Gasteiger charge is -2.36. The van der Waals surface area contributed by atoms with Gasteiger partial charge in [-0.2, -0.15) is 0 Å². The van der Waals surface area contributed by atoms with Crippen molar-refractivity contribution in [2.45, 2.75) is 45.7 Å². The van der Waals surface area contributed by atoms with Gasteiger partial charge in [0.1, 0.15) is 0 Å². The van der Waals surface area contributed by atoms with Gasteiger partial charge in [0.05, 0.1) is 0 Å². The summed E-state index contributed by atoms with van der Waals surface area (Å²) in [6.07, 6.45) is 2.60. The third kappa shape index (κ3) is 3.47. The Morgan fingerprint density at radius 1 is 1.35 bits per heavy atom. The summed E-state index contributed by atoms with van der Waals surface area (Å²) < 4.78 is 0. The number of nitrogens with zero attached hydrogens (tertiary/aromatic N) is 1. The molecular formula is C15H24N2. The Labute approximate surface area is 105 Å². The maximum absolute atomic E-state index is 3.65. The highest BCUT2D eigenvalue weighted by Gasteiger charge is 2.20. The molecule has 1 heterocycles. The maximum Gasteiger partial charge on any atom is 0.0369 e. The Hall–Kier alpha value is -1.02. The second-order valence-corrected chi connectivity index (χ2v) is 5.45. The molecule has 0 saturated carbocycles. The van der Waals surface area contributed by atoms with E-state index in [1.54, 1.807) is 0 Å². The van der Waals surface area contributed by atoms with Crippen molar-refractivity contribution in [3.05, 3.63) is 29.8 Å². The fourth-order valence-corrected chi connectivity index (χ4v) is 2.64. The third-order valence-corrected chi connectivity index (χ3v) is 3.36. The van der Waals surface area contributed by atoms with Crippen LogP contribution in [0.2, 0.25) is 0 Å². The molecule has 1 unspecified atom stereocenters. The van der Waals surface area contributed by atoms with E-state index in [4.69, 9.17) is 0 Å². The number of nitrogens with one attached hydrogen (secondary N) is 1. The monoisotopic (exact) mass is 232 g/mol. The molecule has 1 fully saturated rings. The van der Waals surface area contributed by atoms with Crippen LogP contribution in [-0.2, 0) is 0 Å². The van der Waals surface area contributed by atoms with Gasteiger partial charge in [-0.1, -0.05) is 26.0 Å². The normalized spacial score (nSPS) is 20.9. The first-order chi connectivity index (χ1) is 8.15. The second kappa shape index (κ2) is 5.54. The molecule has 2 rings (SSSR count). The molecule has 2 heteroatoms. The first-order valence-corrected chi connectivity index (χ1v) is 6.73. The average Bonchev–Trinajstić information content (AvgIpc) is 2.28. The SMILES string of the molecule is Cc1cccc(N2CCCC(NC(C)C)C2)c1. The second-order valence-electron chi connectivity index (χ2n) is 5.45. The predicted octanol–water partition coefficient (Wildman–Crippen LogP) is 2.96. The molecule has 2 nitrogen and oxygen atoms in total. The maximum atomic E-state index is 3.65. The minimum Gasteiger partial charge on any atom is -0.370 e. The van der Waals surface area contributed by atoms with Gasteiger partial charge in [-0.15, -0.1) is 0 Å². The van der Waals surface area contributed by atoms with Gasteiger partial charge in [0, 0.05) is 30.9 Å². The van der Waals surface area contributed by atoms with Crippen molar-refractivity contribution in [3.8, 4) is 0 Å². The summed E-state index contributed by atoms with van der Waals surface area (Å²) >= 11 is 0. The summed E-state index contributed by atoms with van der Waals surface area (Å²) in [4.78, 5) is 2.51. The Kier molecular flexibility index (Phi) is 4.06. The smallest absolute Gasteiger partial charge is 0.0369 e. The van der Waals surface area contributed by atoms with E-state index in [9.17, 15) is 0 Å². The van der Waals surface area contributed by atoms with Crippen molar-refractivity contribution >= 4 is 5.69 Å². The van der Waals surface area contributed by atoms with E-state index < -0.39 is 0 Å². The van der Waals surface area contributed by atoms with E-state index >= 15 is 0 Å². The average molecular weight is 232 g/mol. The lowest BCUT2D eigenvalue weighted by molar-refractivity contribution is 0.395. The van der Waals surface area contributed by atoms with Gasteiger partial charge in [0.15, 0.2) is 0 Å². The van der Waals surface area contributed by atoms with Crippen LogP contribution in [0.25, 0.3) is 0 Å². The van der Waals surface area contributed by atoms with Gasteiger partial charge in [-0.25, -0.2) is 0 Å².